The number of halogens is 7. The van der Waals surface area contributed by atoms with Gasteiger partial charge in [-0.25, -0.2) is 26.3 Å². The van der Waals surface area contributed by atoms with E-state index in [1.165, 1.54) is 0 Å². The Morgan fingerprint density at radius 1 is 0.815 bits per heavy atom. The summed E-state index contributed by atoms with van der Waals surface area (Å²) in [5, 5.41) is 8.72. The minimum atomic E-state index is -4.33. The van der Waals surface area contributed by atoms with Crippen molar-refractivity contribution in [1.82, 2.24) is 9.03 Å². The third kappa shape index (κ3) is 18.4. The van der Waals surface area contributed by atoms with E-state index in [9.17, 15) is 52.8 Å². The molecule has 2 aliphatic rings. The first-order chi connectivity index (χ1) is 23.9. The number of benzene rings is 2. The molecular weight excluding hydrogens is 905 g/mol. The summed E-state index contributed by atoms with van der Waals surface area (Å²) in [6.07, 6.45) is 0.657. The summed E-state index contributed by atoms with van der Waals surface area (Å²) in [6.45, 7) is 3.15. The molecule has 26 heteroatoms. The molecule has 54 heavy (non-hydrogen) atoms. The van der Waals surface area contributed by atoms with Crippen molar-refractivity contribution in [2.75, 3.05) is 59.9 Å². The molecule has 15 nitrogen and oxygen atoms in total. The number of esters is 2. The number of ether oxygens (including phenoxy) is 2. The molecule has 2 fully saturated rings. The van der Waals surface area contributed by atoms with E-state index in [0.29, 0.717) is 51.2 Å². The van der Waals surface area contributed by atoms with Crippen LogP contribution in [0.5, 0.6) is 0 Å². The van der Waals surface area contributed by atoms with Crippen molar-refractivity contribution in [3.05, 3.63) is 59.2 Å². The van der Waals surface area contributed by atoms with Gasteiger partial charge in [-0.1, -0.05) is 23.4 Å². The summed E-state index contributed by atoms with van der Waals surface area (Å²) >= 11 is 2.94. The van der Waals surface area contributed by atoms with Gasteiger partial charge in [0.1, 0.15) is 34.9 Å². The van der Waals surface area contributed by atoms with Crippen molar-refractivity contribution >= 4 is 66.1 Å². The van der Waals surface area contributed by atoms with Gasteiger partial charge in [0.05, 0.1) is 13.2 Å². The molecule has 2 heterocycles. The number of nitrogens with zero attached hydrogens (tertiary/aromatic N) is 3. The molecule has 0 amide bonds. The van der Waals surface area contributed by atoms with Crippen LogP contribution in [-0.2, 0) is 49.2 Å². The van der Waals surface area contributed by atoms with E-state index in [4.69, 9.17) is 10.1 Å². The second kappa shape index (κ2) is 28.9. The topological polar surface area (TPSA) is 192 Å². The van der Waals surface area contributed by atoms with Gasteiger partial charge in [-0.3, -0.25) is 23.0 Å². The monoisotopic (exact) mass is 940 g/mol. The van der Waals surface area contributed by atoms with E-state index in [1.54, 1.807) is 13.8 Å². The Balaban J connectivity index is -0.000000359. The molecule has 4 rings (SSSR count). The Labute approximate surface area is 404 Å². The van der Waals surface area contributed by atoms with E-state index in [-0.39, 0.29) is 163 Å². The summed E-state index contributed by atoms with van der Waals surface area (Å²) in [6, 6.07) is 1.70. The summed E-state index contributed by atoms with van der Waals surface area (Å²) in [5.41, 5.74) is -1.61. The second-order valence-corrected chi connectivity index (χ2v) is 13.6. The summed E-state index contributed by atoms with van der Waals surface area (Å²) in [5.74, 6) is -8.36. The van der Waals surface area contributed by atoms with Gasteiger partial charge in [-0.05, 0) is 26.7 Å². The summed E-state index contributed by atoms with van der Waals surface area (Å²) in [4.78, 5) is 32.9. The molecule has 1 N–H and O–H groups in total. The van der Waals surface area contributed by atoms with E-state index in [1.807, 2.05) is 0 Å². The van der Waals surface area contributed by atoms with Crippen LogP contribution in [0.15, 0.2) is 24.3 Å². The first-order valence-corrected chi connectivity index (χ1v) is 18.3. The quantitative estimate of drug-likeness (QED) is 0.0531. The Hall–Kier alpha value is -0.437. The molecule has 2 aliphatic heterocycles. The Morgan fingerprint density at radius 2 is 1.22 bits per heavy atom. The molecule has 0 saturated carbocycles. The zero-order valence-corrected chi connectivity index (χ0v) is 38.2. The standard InChI is InChI=1S/C13H15F3N2O4S.C9H9F3N2O2S.C4H7BrO2.CH2O3.CH4.2K.H/c1-2-22-12(19)8-17-4-3-5-18(23(17,20)21)13-10(15)6-9(14)7-11(13)16;10-6-4-7(11)9(8(12)5-6)14-3-1-2-13-17(14,15)16;1-2-7-4(6)3-5;2-1-4-3;;;;/h6-7H,2-5,8H2,1H3;4-5,13H,1-3H2;2-3H2,1H3;1,3H;1H4;;;/q;;;;;2*+1;-1/p-1. The first kappa shape index (κ1) is 57.9. The molecule has 0 aliphatic carbocycles. The number of hydrogen-bond acceptors (Lipinski definition) is 11. The van der Waals surface area contributed by atoms with E-state index in [0.717, 1.165) is 4.31 Å². The van der Waals surface area contributed by atoms with Gasteiger partial charge in [0.15, 0.2) is 23.3 Å². The smallest absolute Gasteiger partial charge is 1.00 e. The normalized spacial score (nSPS) is 15.2. The number of alkyl halides is 1. The van der Waals surface area contributed by atoms with Crippen molar-refractivity contribution in [2.24, 2.45) is 0 Å². The Bertz CT molecular complexity index is 1690. The molecule has 2 aromatic rings. The van der Waals surface area contributed by atoms with Crippen LogP contribution >= 0.6 is 15.9 Å². The molecule has 0 bridgehead atoms. The minimum absolute atomic E-state index is 0. The largest absolute Gasteiger partial charge is 1.00 e. The number of rotatable bonds is 8. The third-order valence-electron chi connectivity index (χ3n) is 6.01. The van der Waals surface area contributed by atoms with Crippen LogP contribution in [0, 0.1) is 34.9 Å². The van der Waals surface area contributed by atoms with Crippen LogP contribution in [0.3, 0.4) is 0 Å². The van der Waals surface area contributed by atoms with Crippen molar-refractivity contribution in [3.63, 3.8) is 0 Å². The van der Waals surface area contributed by atoms with E-state index >= 15 is 0 Å². The first-order valence-electron chi connectivity index (χ1n) is 14.3. The second-order valence-electron chi connectivity index (χ2n) is 9.46. The maximum Gasteiger partial charge on any atom is 1.00 e. The molecular formula is C28H37BrF6K2N4O11S2. The minimum Gasteiger partial charge on any atom is -1.00 e. The van der Waals surface area contributed by atoms with Gasteiger partial charge in [-0.2, -0.15) is 25.9 Å². The fraction of sp³-hybridized carbons (Fsp3) is 0.464. The van der Waals surface area contributed by atoms with Crippen LogP contribution in [0.25, 0.3) is 0 Å². The number of nitrogens with one attached hydrogen (secondary N) is 1. The van der Waals surface area contributed by atoms with Crippen molar-refractivity contribution < 1.29 is 181 Å². The van der Waals surface area contributed by atoms with Crippen LogP contribution < -0.4 is 121 Å². The Morgan fingerprint density at radius 3 is 1.59 bits per heavy atom. The molecule has 298 valence electrons. The molecule has 0 spiro atoms. The zero-order chi connectivity index (χ0) is 38.9. The predicted octanol–water partition coefficient (Wildman–Crippen LogP) is -3.29. The van der Waals surface area contributed by atoms with Crippen LogP contribution in [0.1, 0.15) is 35.5 Å². The van der Waals surface area contributed by atoms with Gasteiger partial charge >= 0.3 is 135 Å². The molecule has 0 radical (unpaired) electrons. The molecule has 0 aromatic heterocycles. The van der Waals surface area contributed by atoms with Crippen LogP contribution in [0.2, 0.25) is 0 Å². The van der Waals surface area contributed by atoms with E-state index < -0.39 is 79.2 Å². The maximum absolute atomic E-state index is 13.9. The third-order valence-corrected chi connectivity index (χ3v) is 9.87. The van der Waals surface area contributed by atoms with Gasteiger partial charge in [-0.15, -0.1) is 0 Å². The number of hydrogen-bond donors (Lipinski definition) is 1. The SMILES string of the molecule is C.CCOC(=O)CBr.CCOC(=O)CN1CCCN(c2c(F)cc(F)cc2F)S1(=O)=O.O=CO[O-].O=S1(=O)NCCCN1c1c(F)cc(F)cc1F.[H-].[K+].[K+]. The molecule has 2 saturated heterocycles. The molecule has 2 aromatic carbocycles. The number of carbonyl (C=O) groups is 3. The van der Waals surface area contributed by atoms with Crippen LogP contribution in [-0.4, -0.2) is 90.8 Å². The fourth-order valence-corrected chi connectivity index (χ4v) is 7.27. The maximum atomic E-state index is 13.9. The molecule has 0 atom stereocenters. The van der Waals surface area contributed by atoms with E-state index in [2.05, 4.69) is 35.0 Å². The fourth-order valence-electron chi connectivity index (χ4n) is 4.10. The van der Waals surface area contributed by atoms with Gasteiger partial charge in [0.2, 0.25) is 0 Å². The van der Waals surface area contributed by atoms with Gasteiger partial charge in [0.25, 0.3) is 6.47 Å². The average molecular weight is 942 g/mol. The molecule has 0 unspecified atom stereocenters. The zero-order valence-electron chi connectivity index (χ0n) is 29.8. The Kier molecular flexibility index (Phi) is 31.0. The number of anilines is 2. The van der Waals surface area contributed by atoms with Crippen LogP contribution in [0.4, 0.5) is 37.7 Å². The van der Waals surface area contributed by atoms with Crippen molar-refractivity contribution in [1.29, 1.82) is 0 Å². The van der Waals surface area contributed by atoms with Gasteiger partial charge in [0, 0.05) is 50.4 Å². The predicted molar refractivity (Wildman–Crippen MR) is 176 cm³/mol. The summed E-state index contributed by atoms with van der Waals surface area (Å²) in [7, 11) is -8.28. The average Bonchev–Trinajstić information content (AvgIpc) is 3.03. The van der Waals surface area contributed by atoms with Gasteiger partial charge < -0.3 is 21.0 Å². The number of carbonyl (C=O) groups excluding carboxylic acids is 3. The van der Waals surface area contributed by atoms with Crippen molar-refractivity contribution in [3.8, 4) is 0 Å². The van der Waals surface area contributed by atoms with Crippen molar-refractivity contribution in [2.45, 2.75) is 34.1 Å². The summed E-state index contributed by atoms with van der Waals surface area (Å²) < 4.78 is 141.